The maximum atomic E-state index is 14.0. The number of hydrogen-bond acceptors (Lipinski definition) is 13. The molecule has 4 aromatic carbocycles. The van der Waals surface area contributed by atoms with Crippen molar-refractivity contribution in [3.8, 4) is 23.0 Å². The molecule has 0 unspecified atom stereocenters. The molecular weight excluding hydrogens is 997 g/mol. The van der Waals surface area contributed by atoms with Crippen molar-refractivity contribution < 1.29 is 42.3 Å². The van der Waals surface area contributed by atoms with Crippen molar-refractivity contribution in [1.29, 1.82) is 0 Å². The van der Waals surface area contributed by atoms with Crippen LogP contribution in [0.25, 0.3) is 33.0 Å². The number of pyridine rings is 2. The number of ether oxygens (including phenoxy) is 4. The molecule has 2 atom stereocenters. The van der Waals surface area contributed by atoms with Crippen LogP contribution >= 0.6 is 0 Å². The summed E-state index contributed by atoms with van der Waals surface area (Å²) in [6.45, 7) is 22.7. The quantitative estimate of drug-likeness (QED) is 0.0443. The van der Waals surface area contributed by atoms with Gasteiger partial charge in [0.25, 0.3) is 17.5 Å². The van der Waals surface area contributed by atoms with E-state index >= 15 is 0 Å². The lowest BCUT2D eigenvalue weighted by molar-refractivity contribution is -0.385. The number of fused-ring (bicyclic) bond motifs is 2. The summed E-state index contributed by atoms with van der Waals surface area (Å²) in [5.74, 6) is 0.673. The van der Waals surface area contributed by atoms with Crippen LogP contribution in [0.4, 0.5) is 11.4 Å². The van der Waals surface area contributed by atoms with Crippen molar-refractivity contribution in [3.05, 3.63) is 142 Å². The first-order valence-corrected chi connectivity index (χ1v) is 31.1. The van der Waals surface area contributed by atoms with E-state index in [1.807, 2.05) is 54.7 Å². The highest BCUT2D eigenvalue weighted by molar-refractivity contribution is 6.74. The number of aromatic nitrogens is 2. The van der Waals surface area contributed by atoms with Crippen LogP contribution in [0.15, 0.2) is 110 Å². The normalized spacial score (nSPS) is 16.0. The van der Waals surface area contributed by atoms with Gasteiger partial charge in [0, 0.05) is 53.4 Å². The fourth-order valence-electron chi connectivity index (χ4n) is 8.61. The number of nitro benzene ring substituents is 1. The van der Waals surface area contributed by atoms with E-state index in [1.54, 1.807) is 54.7 Å². The molecule has 16 nitrogen and oxygen atoms in total. The Labute approximate surface area is 448 Å². The lowest BCUT2D eigenvalue weighted by atomic mass is 10.0. The van der Waals surface area contributed by atoms with Crippen molar-refractivity contribution >= 4 is 72.8 Å². The van der Waals surface area contributed by atoms with Gasteiger partial charge in [-0.3, -0.25) is 29.7 Å². The van der Waals surface area contributed by atoms with E-state index < -0.39 is 27.5 Å². The van der Waals surface area contributed by atoms with E-state index in [4.69, 9.17) is 33.5 Å². The molecule has 2 amide bonds. The monoisotopic (exact) mass is 1070 g/mol. The fourth-order valence-corrected chi connectivity index (χ4v) is 10.7. The fraction of sp³-hybridized carbons (Fsp3) is 0.379. The number of amides is 2. The third-order valence-electron chi connectivity index (χ3n) is 15.3. The molecule has 6 aromatic rings. The van der Waals surface area contributed by atoms with Crippen LogP contribution < -0.4 is 24.7 Å². The lowest BCUT2D eigenvalue weighted by Crippen LogP contribution is -2.45. The van der Waals surface area contributed by atoms with E-state index in [1.165, 1.54) is 26.4 Å². The highest BCUT2D eigenvalue weighted by Gasteiger charge is 2.42. The largest absolute Gasteiger partial charge is 0.493 e. The minimum atomic E-state index is -2.12. The van der Waals surface area contributed by atoms with Crippen LogP contribution in [0, 0.1) is 10.1 Å². The van der Waals surface area contributed by atoms with Crippen molar-refractivity contribution in [1.82, 2.24) is 19.8 Å². The Bertz CT molecular complexity index is 3220. The summed E-state index contributed by atoms with van der Waals surface area (Å²) in [6.07, 6.45) is 8.50. The first-order chi connectivity index (χ1) is 35.8. The van der Waals surface area contributed by atoms with Crippen molar-refractivity contribution in [2.24, 2.45) is 0 Å². The number of nitrogens with zero attached hydrogens (tertiary/aromatic N) is 5. The van der Waals surface area contributed by atoms with Crippen LogP contribution in [-0.4, -0.2) is 107 Å². The second kappa shape index (κ2) is 22.6. The second-order valence-electron chi connectivity index (χ2n) is 22.2. The molecule has 2 aromatic heterocycles. The number of anilines is 1. The van der Waals surface area contributed by atoms with Crippen molar-refractivity contribution in [2.75, 3.05) is 47.4 Å². The highest BCUT2D eigenvalue weighted by Crippen LogP contribution is 2.43. The van der Waals surface area contributed by atoms with E-state index in [9.17, 15) is 19.7 Å². The number of nitro groups is 1. The maximum absolute atomic E-state index is 14.0. The van der Waals surface area contributed by atoms with Gasteiger partial charge in [0.15, 0.2) is 39.6 Å². The van der Waals surface area contributed by atoms with Gasteiger partial charge in [0.05, 0.1) is 81.3 Å². The van der Waals surface area contributed by atoms with E-state index in [0.29, 0.717) is 48.8 Å². The number of benzene rings is 4. The van der Waals surface area contributed by atoms with Gasteiger partial charge in [-0.05, 0) is 114 Å². The molecule has 0 fully saturated rings. The minimum absolute atomic E-state index is 0.00974. The molecule has 0 saturated heterocycles. The summed E-state index contributed by atoms with van der Waals surface area (Å²) in [6, 6.07) is 25.4. The summed E-state index contributed by atoms with van der Waals surface area (Å²) in [4.78, 5) is 51.5. The third-order valence-corrected chi connectivity index (χ3v) is 24.3. The van der Waals surface area contributed by atoms with Gasteiger partial charge in [0.2, 0.25) is 0 Å². The molecule has 0 radical (unpaired) electrons. The molecule has 2 aliphatic rings. The van der Waals surface area contributed by atoms with Gasteiger partial charge in [-0.15, -0.1) is 0 Å². The molecule has 4 heterocycles. The number of nitrogens with two attached hydrogens (primary N) is 1. The smallest absolute Gasteiger partial charge is 0.286 e. The number of rotatable bonds is 15. The molecule has 2 N–H and O–H groups in total. The molecule has 0 spiro atoms. The second-order valence-corrected chi connectivity index (χ2v) is 31.8. The van der Waals surface area contributed by atoms with Crippen LogP contribution in [0.3, 0.4) is 0 Å². The topological polar surface area (TPSA) is 191 Å². The Morgan fingerprint density at radius 3 is 1.42 bits per heavy atom. The number of nitrogen functional groups attached to an aromatic ring is 1. The van der Waals surface area contributed by atoms with E-state index in [2.05, 4.69) is 89.8 Å². The molecule has 76 heavy (non-hydrogen) atoms. The van der Waals surface area contributed by atoms with Gasteiger partial charge in [-0.2, -0.15) is 0 Å². The van der Waals surface area contributed by atoms with Crippen LogP contribution in [0.2, 0.25) is 36.3 Å². The number of hydrogen-bond donors (Lipinski definition) is 1. The predicted molar refractivity (Wildman–Crippen MR) is 305 cm³/mol. The number of carbonyl (C=O) groups excluding carboxylic acids is 2. The first kappa shape index (κ1) is 56.6. The van der Waals surface area contributed by atoms with Crippen LogP contribution in [0.1, 0.15) is 86.2 Å². The summed E-state index contributed by atoms with van der Waals surface area (Å²) in [5, 5.41) is 14.1. The molecule has 18 heteroatoms. The van der Waals surface area contributed by atoms with Gasteiger partial charge in [-0.1, -0.05) is 65.8 Å². The van der Waals surface area contributed by atoms with Gasteiger partial charge in [-0.25, -0.2) is 0 Å². The van der Waals surface area contributed by atoms with Crippen LogP contribution in [0.5, 0.6) is 23.0 Å². The highest BCUT2D eigenvalue weighted by atomic mass is 28.4. The molecule has 402 valence electrons. The first-order valence-electron chi connectivity index (χ1n) is 25.3. The lowest BCUT2D eigenvalue weighted by Gasteiger charge is -2.38. The molecule has 0 bridgehead atoms. The zero-order valence-corrected chi connectivity index (χ0v) is 48.3. The third kappa shape index (κ3) is 12.1. The Balaban J connectivity index is 0.000000221. The minimum Gasteiger partial charge on any atom is -0.493 e. The maximum Gasteiger partial charge on any atom is 0.286 e. The molecule has 0 aliphatic carbocycles. The number of carbonyl (C=O) groups is 2. The number of methoxy groups -OCH3 is 4. The average Bonchev–Trinajstić information content (AvgIpc) is 4.03. The van der Waals surface area contributed by atoms with E-state index in [0.717, 1.165) is 44.1 Å². The SMILES string of the molecule is COc1cc(C(=O)N2C=C(c3ccc4ncccc4c3)C[C@H]2CO[Si](C)(C)C(C)(C)C)c([N+](=O)[O-])cc1OC.COc1cc(N)c(C(=O)N2C=C(c3ccc4ncccc4c3)C[C@H]2CO[Si](C)(C)C(C)(C)C)cc1OC. The summed E-state index contributed by atoms with van der Waals surface area (Å²) >= 11 is 0. The standard InChI is InChI=1S/C29H35N3O6Si.C29H37N3O4Si/c1-29(2,3)39(6,7)38-18-22-14-21(19-10-11-24-20(13-19)9-8-12-30-24)17-31(22)28(33)23-15-26(36-4)27(37-5)16-25(23)32(34)35;1-29(2,3)37(6,7)36-18-22-14-21(19-10-11-25-20(13-19)9-8-12-31-25)17-32(22)28(33)23-15-26(34-4)27(35-5)16-24(23)30/h8-13,15-17,22H,14,18H2,1-7H3;8-13,15-17,22H,14,18,30H2,1-7H3/t2*22-/m00/s1. The van der Waals surface area contributed by atoms with Crippen LogP contribution in [-0.2, 0) is 8.85 Å². The van der Waals surface area contributed by atoms with E-state index in [-0.39, 0.29) is 50.8 Å². The summed E-state index contributed by atoms with van der Waals surface area (Å²) < 4.78 is 34.5. The van der Waals surface area contributed by atoms with Gasteiger partial charge < -0.3 is 43.3 Å². The van der Waals surface area contributed by atoms with Gasteiger partial charge >= 0.3 is 0 Å². The summed E-state index contributed by atoms with van der Waals surface area (Å²) in [5.41, 5.74) is 12.5. The molecule has 2 aliphatic heterocycles. The zero-order valence-electron chi connectivity index (χ0n) is 46.3. The average molecular weight is 1070 g/mol. The predicted octanol–water partition coefficient (Wildman–Crippen LogP) is 12.5. The Kier molecular flexibility index (Phi) is 16.8. The molecule has 8 rings (SSSR count). The Hall–Kier alpha value is -7.13. The molecule has 0 saturated carbocycles. The molecular formula is C58H72N6O10Si2. The Morgan fingerprint density at radius 1 is 0.618 bits per heavy atom. The summed E-state index contributed by atoms with van der Waals surface area (Å²) in [7, 11) is 1.76. The van der Waals surface area contributed by atoms with Gasteiger partial charge in [0.1, 0.15) is 5.56 Å². The van der Waals surface area contributed by atoms with Crippen molar-refractivity contribution in [3.63, 3.8) is 0 Å². The zero-order chi connectivity index (χ0) is 55.5. The Morgan fingerprint density at radius 2 is 1.01 bits per heavy atom. The van der Waals surface area contributed by atoms with Crippen molar-refractivity contribution in [2.45, 2.75) is 103 Å².